The first-order chi connectivity index (χ1) is 11.2. The lowest BCUT2D eigenvalue weighted by Gasteiger charge is -2.34. The van der Waals surface area contributed by atoms with Gasteiger partial charge in [0.1, 0.15) is 5.69 Å². The minimum absolute atomic E-state index is 0.0398. The number of aromatic nitrogens is 1. The van der Waals surface area contributed by atoms with Gasteiger partial charge in [0.05, 0.1) is 0 Å². The summed E-state index contributed by atoms with van der Waals surface area (Å²) >= 11 is 3.24. The first-order valence-electron chi connectivity index (χ1n) is 8.11. The van der Waals surface area contributed by atoms with E-state index in [-0.39, 0.29) is 17.4 Å². The van der Waals surface area contributed by atoms with Crippen molar-refractivity contribution in [2.45, 2.75) is 40.0 Å². The molecule has 6 nitrogen and oxygen atoms in total. The van der Waals surface area contributed by atoms with Crippen LogP contribution in [0.15, 0.2) is 21.8 Å². The van der Waals surface area contributed by atoms with E-state index in [2.05, 4.69) is 52.2 Å². The van der Waals surface area contributed by atoms with Crippen molar-refractivity contribution in [1.82, 2.24) is 10.4 Å². The van der Waals surface area contributed by atoms with E-state index in [9.17, 15) is 9.59 Å². The van der Waals surface area contributed by atoms with Gasteiger partial charge in [-0.05, 0) is 52.6 Å². The number of rotatable bonds is 4. The fourth-order valence-corrected chi connectivity index (χ4v) is 4.30. The zero-order valence-electron chi connectivity index (χ0n) is 14.1. The molecule has 3 rings (SSSR count). The Bertz CT molecular complexity index is 710. The van der Waals surface area contributed by atoms with Crippen molar-refractivity contribution >= 4 is 33.5 Å². The molecule has 1 aromatic heterocycles. The monoisotopic (exact) mass is 395 g/mol. The highest BCUT2D eigenvalue weighted by molar-refractivity contribution is 9.10. The van der Waals surface area contributed by atoms with E-state index in [1.807, 2.05) is 0 Å². The number of aromatic amines is 1. The minimum atomic E-state index is -0.573. The number of hydrogen-bond acceptors (Lipinski definition) is 4. The molecule has 0 saturated heterocycles. The number of nitrogens with one attached hydrogen (secondary N) is 2. The van der Waals surface area contributed by atoms with Crippen LogP contribution in [-0.4, -0.2) is 29.2 Å². The third-order valence-corrected chi connectivity index (χ3v) is 6.49. The zero-order chi connectivity index (χ0) is 17.5. The molecular weight excluding hydrogens is 374 g/mol. The Hall–Kier alpha value is -1.63. The molecule has 2 fully saturated rings. The number of halogens is 1. The number of amides is 1. The van der Waals surface area contributed by atoms with Crippen molar-refractivity contribution in [2.75, 3.05) is 6.61 Å². The van der Waals surface area contributed by atoms with Crippen LogP contribution in [0.2, 0.25) is 0 Å². The van der Waals surface area contributed by atoms with Gasteiger partial charge in [-0.2, -0.15) is 5.10 Å². The molecule has 1 aromatic rings. The number of fused-ring (bicyclic) bond motifs is 2. The van der Waals surface area contributed by atoms with Crippen LogP contribution in [-0.2, 0) is 9.53 Å². The van der Waals surface area contributed by atoms with Gasteiger partial charge in [-0.15, -0.1) is 0 Å². The van der Waals surface area contributed by atoms with Crippen LogP contribution < -0.4 is 5.43 Å². The molecule has 7 heteroatoms. The molecule has 2 bridgehead atoms. The molecule has 2 unspecified atom stereocenters. The third kappa shape index (κ3) is 2.79. The van der Waals surface area contributed by atoms with E-state index in [4.69, 9.17) is 4.74 Å². The Morgan fingerprint density at radius 2 is 2.21 bits per heavy atom. The molecule has 130 valence electrons. The van der Waals surface area contributed by atoms with Gasteiger partial charge in [-0.1, -0.05) is 20.8 Å². The number of carbonyl (C=O) groups excluding carboxylic acids is 2. The van der Waals surface area contributed by atoms with Crippen molar-refractivity contribution in [1.29, 1.82) is 0 Å². The van der Waals surface area contributed by atoms with E-state index in [1.54, 1.807) is 12.3 Å². The van der Waals surface area contributed by atoms with Gasteiger partial charge in [-0.3, -0.25) is 4.79 Å². The molecule has 0 spiro atoms. The Morgan fingerprint density at radius 1 is 1.46 bits per heavy atom. The maximum atomic E-state index is 11.9. The molecule has 0 aliphatic heterocycles. The number of esters is 1. The summed E-state index contributed by atoms with van der Waals surface area (Å²) in [6, 6.07) is 1.60. The fourth-order valence-electron chi connectivity index (χ4n) is 3.95. The van der Waals surface area contributed by atoms with Crippen molar-refractivity contribution in [2.24, 2.45) is 21.8 Å². The number of carbonyl (C=O) groups is 2. The first kappa shape index (κ1) is 17.2. The second-order valence-electron chi connectivity index (χ2n) is 7.39. The minimum Gasteiger partial charge on any atom is -0.451 e. The smallest absolute Gasteiger partial charge is 0.355 e. The number of nitrogens with zero attached hydrogens (tertiary/aromatic N) is 1. The van der Waals surface area contributed by atoms with Crippen molar-refractivity contribution in [3.63, 3.8) is 0 Å². The van der Waals surface area contributed by atoms with Gasteiger partial charge in [0, 0.05) is 21.8 Å². The van der Waals surface area contributed by atoms with Crippen LogP contribution in [0.4, 0.5) is 0 Å². The van der Waals surface area contributed by atoms with Crippen LogP contribution in [0.25, 0.3) is 0 Å². The molecule has 0 aromatic carbocycles. The lowest BCUT2D eigenvalue weighted by Crippen LogP contribution is -2.34. The molecule has 1 amide bonds. The van der Waals surface area contributed by atoms with E-state index < -0.39 is 11.9 Å². The number of hydrogen-bond donors (Lipinski definition) is 2. The van der Waals surface area contributed by atoms with Gasteiger partial charge < -0.3 is 9.72 Å². The molecule has 2 aliphatic rings. The standard InChI is InChI=1S/C17H22BrN3O3/c1-16(2)10-4-5-17(16,3)13(6-10)20-21-14(22)9-24-15(23)12-7-11(18)8-19-12/h7-8,10,19H,4-6,9H2,1-3H3,(H,21,22)/b20-13+. The summed E-state index contributed by atoms with van der Waals surface area (Å²) in [5, 5.41) is 4.34. The molecule has 0 radical (unpaired) electrons. The summed E-state index contributed by atoms with van der Waals surface area (Å²) in [5.74, 6) is -0.371. The molecule has 2 aliphatic carbocycles. The Labute approximate surface area is 149 Å². The number of hydrazone groups is 1. The predicted octanol–water partition coefficient (Wildman–Crippen LogP) is 3.25. The Morgan fingerprint density at radius 3 is 2.75 bits per heavy atom. The van der Waals surface area contributed by atoms with Gasteiger partial charge in [0.25, 0.3) is 5.91 Å². The lowest BCUT2D eigenvalue weighted by molar-refractivity contribution is -0.124. The quantitative estimate of drug-likeness (QED) is 0.605. The van der Waals surface area contributed by atoms with Gasteiger partial charge in [-0.25, -0.2) is 10.2 Å². The summed E-state index contributed by atoms with van der Waals surface area (Å²) in [5.41, 5.74) is 4.14. The summed E-state index contributed by atoms with van der Waals surface area (Å²) in [6.45, 7) is 6.44. The summed E-state index contributed by atoms with van der Waals surface area (Å²) in [4.78, 5) is 26.4. The summed E-state index contributed by atoms with van der Waals surface area (Å²) in [6.07, 6.45) is 4.89. The highest BCUT2D eigenvalue weighted by Crippen LogP contribution is 2.63. The SMILES string of the molecule is CC12CCC(C/C1=N\NC(=O)COC(=O)c1cc(Br)c[nH]1)C2(C)C. The lowest BCUT2D eigenvalue weighted by atomic mass is 9.70. The van der Waals surface area contributed by atoms with Crippen LogP contribution in [0.3, 0.4) is 0 Å². The first-order valence-corrected chi connectivity index (χ1v) is 8.90. The zero-order valence-corrected chi connectivity index (χ0v) is 15.7. The van der Waals surface area contributed by atoms with Crippen LogP contribution in [0.5, 0.6) is 0 Å². The largest absolute Gasteiger partial charge is 0.451 e. The van der Waals surface area contributed by atoms with E-state index in [0.29, 0.717) is 11.6 Å². The Balaban J connectivity index is 1.54. The van der Waals surface area contributed by atoms with Crippen LogP contribution in [0.1, 0.15) is 50.5 Å². The highest BCUT2D eigenvalue weighted by atomic mass is 79.9. The molecule has 1 heterocycles. The topological polar surface area (TPSA) is 83.5 Å². The average molecular weight is 396 g/mol. The van der Waals surface area contributed by atoms with E-state index in [1.165, 1.54) is 6.42 Å². The fraction of sp³-hybridized carbons (Fsp3) is 0.588. The van der Waals surface area contributed by atoms with Crippen molar-refractivity contribution in [3.8, 4) is 0 Å². The van der Waals surface area contributed by atoms with Gasteiger partial charge in [0.15, 0.2) is 6.61 Å². The molecular formula is C17H22BrN3O3. The van der Waals surface area contributed by atoms with Crippen LogP contribution in [0, 0.1) is 16.7 Å². The molecule has 2 atom stereocenters. The van der Waals surface area contributed by atoms with Crippen molar-refractivity contribution in [3.05, 3.63) is 22.4 Å². The van der Waals surface area contributed by atoms with Crippen molar-refractivity contribution < 1.29 is 14.3 Å². The maximum absolute atomic E-state index is 11.9. The van der Waals surface area contributed by atoms with Crippen LogP contribution >= 0.6 is 15.9 Å². The average Bonchev–Trinajstić information content (AvgIpc) is 3.11. The highest BCUT2D eigenvalue weighted by Gasteiger charge is 2.59. The second-order valence-corrected chi connectivity index (χ2v) is 8.31. The molecule has 2 N–H and O–H groups in total. The predicted molar refractivity (Wildman–Crippen MR) is 93.6 cm³/mol. The van der Waals surface area contributed by atoms with Gasteiger partial charge >= 0.3 is 5.97 Å². The summed E-state index contributed by atoms with van der Waals surface area (Å²) in [7, 11) is 0. The maximum Gasteiger partial charge on any atom is 0.355 e. The van der Waals surface area contributed by atoms with E-state index in [0.717, 1.165) is 23.0 Å². The molecule has 24 heavy (non-hydrogen) atoms. The third-order valence-electron chi connectivity index (χ3n) is 6.03. The van der Waals surface area contributed by atoms with E-state index >= 15 is 0 Å². The number of H-pyrrole nitrogens is 1. The normalized spacial score (nSPS) is 29.0. The molecule has 2 saturated carbocycles. The number of ether oxygens (including phenoxy) is 1. The Kier molecular flexibility index (Phi) is 4.32. The summed E-state index contributed by atoms with van der Waals surface area (Å²) < 4.78 is 5.72. The van der Waals surface area contributed by atoms with Gasteiger partial charge in [0.2, 0.25) is 0 Å². The second kappa shape index (κ2) is 6.02.